The van der Waals surface area contributed by atoms with Gasteiger partial charge in [-0.2, -0.15) is 11.8 Å². The minimum atomic E-state index is 0.335. The molecule has 3 unspecified atom stereocenters. The average Bonchev–Trinajstić information content (AvgIpc) is 2.35. The third-order valence-corrected chi connectivity index (χ3v) is 5.35. The van der Waals surface area contributed by atoms with Crippen molar-refractivity contribution in [3.05, 3.63) is 0 Å². The molecular formula is C14H27NOS. The number of carbonyl (C=O) groups is 1. The van der Waals surface area contributed by atoms with E-state index >= 15 is 0 Å². The smallest absolute Gasteiger partial charge is 0.131 e. The number of carbonyl (C=O) groups excluding carboxylic acids is 1. The molecule has 1 aliphatic carbocycles. The third-order valence-electron chi connectivity index (χ3n) is 3.79. The zero-order valence-electron chi connectivity index (χ0n) is 11.7. The summed E-state index contributed by atoms with van der Waals surface area (Å²) in [5, 5.41) is 0.840. The molecule has 2 nitrogen and oxygen atoms in total. The van der Waals surface area contributed by atoms with E-state index in [0.29, 0.717) is 11.8 Å². The first kappa shape index (κ1) is 15.0. The molecule has 0 amide bonds. The minimum absolute atomic E-state index is 0.335. The summed E-state index contributed by atoms with van der Waals surface area (Å²) in [4.78, 5) is 13.7. The fourth-order valence-electron chi connectivity index (χ4n) is 2.90. The highest BCUT2D eigenvalue weighted by Crippen LogP contribution is 2.37. The number of ketones is 1. The van der Waals surface area contributed by atoms with Gasteiger partial charge >= 0.3 is 0 Å². The van der Waals surface area contributed by atoms with Crippen molar-refractivity contribution in [2.24, 2.45) is 0 Å². The van der Waals surface area contributed by atoms with Crippen LogP contribution in [0.25, 0.3) is 0 Å². The molecule has 0 bridgehead atoms. The Morgan fingerprint density at radius 3 is 2.59 bits per heavy atom. The van der Waals surface area contributed by atoms with Crippen LogP contribution in [0.3, 0.4) is 0 Å². The van der Waals surface area contributed by atoms with E-state index < -0.39 is 0 Å². The van der Waals surface area contributed by atoms with Gasteiger partial charge in [0.1, 0.15) is 5.78 Å². The maximum Gasteiger partial charge on any atom is 0.131 e. The largest absolute Gasteiger partial charge is 0.300 e. The fraction of sp³-hybridized carbons (Fsp3) is 0.929. The molecule has 0 aromatic heterocycles. The number of hydrogen-bond donors (Lipinski definition) is 0. The quantitative estimate of drug-likeness (QED) is 0.756. The lowest BCUT2D eigenvalue weighted by atomic mass is 9.92. The molecule has 2 rings (SSSR count). The summed E-state index contributed by atoms with van der Waals surface area (Å²) in [6, 6.07) is 1.23. The van der Waals surface area contributed by atoms with Crippen molar-refractivity contribution in [2.45, 2.75) is 70.2 Å². The zero-order chi connectivity index (χ0) is 12.8. The number of nitrogens with zero attached hydrogens (tertiary/aromatic N) is 1. The summed E-state index contributed by atoms with van der Waals surface area (Å²) in [7, 11) is 2.22. The van der Waals surface area contributed by atoms with Gasteiger partial charge in [-0.25, -0.2) is 0 Å². The topological polar surface area (TPSA) is 20.3 Å². The zero-order valence-corrected chi connectivity index (χ0v) is 12.6. The summed E-state index contributed by atoms with van der Waals surface area (Å²) >= 11 is 2.11. The molecule has 0 radical (unpaired) electrons. The SMILES string of the molecule is CC.CC(=O)CC1CSC2CCCCC2N1C. The van der Waals surface area contributed by atoms with Crippen LogP contribution in [0.5, 0.6) is 0 Å². The first-order valence-corrected chi connectivity index (χ1v) is 8.06. The molecule has 2 aliphatic rings. The second-order valence-electron chi connectivity index (χ2n) is 4.95. The molecular weight excluding hydrogens is 230 g/mol. The van der Waals surface area contributed by atoms with Gasteiger partial charge in [-0.3, -0.25) is 9.69 Å². The van der Waals surface area contributed by atoms with Crippen LogP contribution in [0, 0.1) is 0 Å². The monoisotopic (exact) mass is 257 g/mol. The van der Waals surface area contributed by atoms with E-state index in [0.717, 1.165) is 23.5 Å². The van der Waals surface area contributed by atoms with Gasteiger partial charge in [0.15, 0.2) is 0 Å². The van der Waals surface area contributed by atoms with Crippen LogP contribution in [0.2, 0.25) is 0 Å². The summed E-state index contributed by atoms with van der Waals surface area (Å²) in [6.07, 6.45) is 6.24. The Hall–Kier alpha value is -0.0200. The Labute approximate surface area is 111 Å². The molecule has 1 aliphatic heterocycles. The van der Waals surface area contributed by atoms with Crippen LogP contribution in [0.4, 0.5) is 0 Å². The molecule has 1 saturated carbocycles. The molecule has 17 heavy (non-hydrogen) atoms. The Morgan fingerprint density at radius 2 is 1.94 bits per heavy atom. The van der Waals surface area contributed by atoms with Crippen LogP contribution in [-0.2, 0) is 4.79 Å². The van der Waals surface area contributed by atoms with Crippen molar-refractivity contribution in [3.8, 4) is 0 Å². The Morgan fingerprint density at radius 1 is 1.29 bits per heavy atom. The summed E-state index contributed by atoms with van der Waals surface area (Å²) in [6.45, 7) is 5.71. The Balaban J connectivity index is 0.000000686. The van der Waals surface area contributed by atoms with E-state index in [1.807, 2.05) is 13.8 Å². The molecule has 3 atom stereocenters. The van der Waals surface area contributed by atoms with Gasteiger partial charge in [-0.15, -0.1) is 0 Å². The Kier molecular flexibility index (Phi) is 6.57. The second-order valence-corrected chi connectivity index (χ2v) is 6.22. The molecule has 100 valence electrons. The van der Waals surface area contributed by atoms with Gasteiger partial charge in [-0.05, 0) is 26.8 Å². The van der Waals surface area contributed by atoms with Gasteiger partial charge < -0.3 is 0 Å². The first-order valence-electron chi connectivity index (χ1n) is 7.01. The van der Waals surface area contributed by atoms with Crippen LogP contribution < -0.4 is 0 Å². The van der Waals surface area contributed by atoms with Crippen molar-refractivity contribution in [3.63, 3.8) is 0 Å². The van der Waals surface area contributed by atoms with Gasteiger partial charge in [0.05, 0.1) is 0 Å². The van der Waals surface area contributed by atoms with Crippen LogP contribution in [0.1, 0.15) is 52.9 Å². The molecule has 2 fully saturated rings. The summed E-state index contributed by atoms with van der Waals surface area (Å²) < 4.78 is 0. The maximum absolute atomic E-state index is 11.2. The highest BCUT2D eigenvalue weighted by molar-refractivity contribution is 8.00. The first-order chi connectivity index (χ1) is 8.18. The summed E-state index contributed by atoms with van der Waals surface area (Å²) in [5.41, 5.74) is 0. The molecule has 0 spiro atoms. The molecule has 1 heterocycles. The van der Waals surface area contributed by atoms with Crippen molar-refractivity contribution in [1.29, 1.82) is 0 Å². The molecule has 0 N–H and O–H groups in total. The number of rotatable bonds is 2. The second kappa shape index (κ2) is 7.42. The van der Waals surface area contributed by atoms with Gasteiger partial charge in [0.25, 0.3) is 0 Å². The molecule has 3 heteroatoms. The van der Waals surface area contributed by atoms with Crippen LogP contribution in [-0.4, -0.2) is 40.8 Å². The third kappa shape index (κ3) is 3.99. The lowest BCUT2D eigenvalue weighted by Crippen LogP contribution is -2.52. The lowest BCUT2D eigenvalue weighted by molar-refractivity contribution is -0.118. The Bertz CT molecular complexity index is 244. The number of thioether (sulfide) groups is 1. The predicted molar refractivity (Wildman–Crippen MR) is 76.7 cm³/mol. The standard InChI is InChI=1S/C12H21NOS.C2H6/c1-9(14)7-10-8-15-12-6-4-3-5-11(12)13(10)2;1-2/h10-12H,3-8H2,1-2H3;1-2H3. The lowest BCUT2D eigenvalue weighted by Gasteiger charge is -2.46. The van der Waals surface area contributed by atoms with Gasteiger partial charge in [0, 0.05) is 29.5 Å². The van der Waals surface area contributed by atoms with Crippen molar-refractivity contribution in [2.75, 3.05) is 12.8 Å². The average molecular weight is 257 g/mol. The summed E-state index contributed by atoms with van der Waals surface area (Å²) in [5.74, 6) is 1.48. The maximum atomic E-state index is 11.2. The van der Waals surface area contributed by atoms with Gasteiger partial charge in [-0.1, -0.05) is 26.7 Å². The van der Waals surface area contributed by atoms with E-state index in [1.54, 1.807) is 6.92 Å². The van der Waals surface area contributed by atoms with Crippen molar-refractivity contribution < 1.29 is 4.79 Å². The van der Waals surface area contributed by atoms with Crippen LogP contribution >= 0.6 is 11.8 Å². The molecule has 0 aromatic carbocycles. The van der Waals surface area contributed by atoms with E-state index in [4.69, 9.17) is 0 Å². The fourth-order valence-corrected chi connectivity index (χ4v) is 4.60. The van der Waals surface area contributed by atoms with Crippen molar-refractivity contribution >= 4 is 17.5 Å². The number of Topliss-reactive ketones (excluding diaryl/α,β-unsaturated/α-hetero) is 1. The normalized spacial score (nSPS) is 33.3. The van der Waals surface area contributed by atoms with E-state index in [-0.39, 0.29) is 0 Å². The predicted octanol–water partition coefficient (Wildman–Crippen LogP) is 3.35. The molecule has 1 saturated heterocycles. The minimum Gasteiger partial charge on any atom is -0.300 e. The van der Waals surface area contributed by atoms with E-state index in [1.165, 1.54) is 25.7 Å². The van der Waals surface area contributed by atoms with Gasteiger partial charge in [0.2, 0.25) is 0 Å². The van der Waals surface area contributed by atoms with Crippen molar-refractivity contribution in [1.82, 2.24) is 4.90 Å². The van der Waals surface area contributed by atoms with E-state index in [2.05, 4.69) is 23.7 Å². The highest BCUT2D eigenvalue weighted by Gasteiger charge is 2.36. The highest BCUT2D eigenvalue weighted by atomic mass is 32.2. The number of fused-ring (bicyclic) bond motifs is 1. The number of hydrogen-bond acceptors (Lipinski definition) is 3. The molecule has 0 aromatic rings. The van der Waals surface area contributed by atoms with E-state index in [9.17, 15) is 4.79 Å². The van der Waals surface area contributed by atoms with Crippen LogP contribution in [0.15, 0.2) is 0 Å².